The van der Waals surface area contributed by atoms with Gasteiger partial charge >= 0.3 is 5.97 Å². The van der Waals surface area contributed by atoms with E-state index in [4.69, 9.17) is 9.47 Å². The minimum atomic E-state index is -4.02. The Morgan fingerprint density at radius 2 is 1.90 bits per heavy atom. The molecule has 3 rings (SSSR count). The van der Waals surface area contributed by atoms with Crippen LogP contribution in [0.15, 0.2) is 23.1 Å². The maximum absolute atomic E-state index is 13.3. The van der Waals surface area contributed by atoms with Crippen LogP contribution >= 0.6 is 0 Å². The van der Waals surface area contributed by atoms with Gasteiger partial charge in [-0.15, -0.1) is 0 Å². The van der Waals surface area contributed by atoms with Crippen molar-refractivity contribution >= 4 is 33.5 Å². The van der Waals surface area contributed by atoms with Crippen molar-refractivity contribution in [3.05, 3.63) is 18.2 Å². The maximum Gasteiger partial charge on any atom is 0.310 e. The molecular formula is C19H24N2O7S. The largest absolute Gasteiger partial charge is 0.495 e. The van der Waals surface area contributed by atoms with E-state index in [9.17, 15) is 22.8 Å². The van der Waals surface area contributed by atoms with Crippen LogP contribution in [-0.4, -0.2) is 57.3 Å². The van der Waals surface area contributed by atoms with Gasteiger partial charge in [0.1, 0.15) is 10.6 Å². The van der Waals surface area contributed by atoms with E-state index < -0.39 is 21.9 Å². The van der Waals surface area contributed by atoms with Crippen LogP contribution in [0.25, 0.3) is 0 Å². The summed E-state index contributed by atoms with van der Waals surface area (Å²) in [7, 11) is -2.68. The number of rotatable bonds is 6. The fraction of sp³-hybridized carbons (Fsp3) is 0.526. The zero-order chi connectivity index (χ0) is 21.2. The number of hydrogen-bond donors (Lipinski definition) is 0. The molecule has 0 unspecified atom stereocenters. The molecule has 2 amide bonds. The third-order valence-electron chi connectivity index (χ3n) is 5.08. The topological polar surface area (TPSA) is 110 Å². The van der Waals surface area contributed by atoms with Crippen molar-refractivity contribution in [3.8, 4) is 5.75 Å². The molecular weight excluding hydrogens is 400 g/mol. The lowest BCUT2D eigenvalue weighted by atomic mass is 10.0. The first-order valence-corrected chi connectivity index (χ1v) is 10.9. The van der Waals surface area contributed by atoms with Gasteiger partial charge < -0.3 is 9.47 Å². The Morgan fingerprint density at radius 3 is 2.52 bits per heavy atom. The number of imide groups is 1. The lowest BCUT2D eigenvalue weighted by Crippen LogP contribution is -2.42. The molecule has 9 nitrogen and oxygen atoms in total. The standard InChI is InChI=1S/C19H24N2O7S/c1-3-28-19(24)13-5-4-10-20(12-13)29(25,26)16-11-14(6-7-15(16)27-2)21-17(22)8-9-18(21)23/h6-7,11,13H,3-5,8-10,12H2,1-2H3/t13-/m0/s1. The Hall–Kier alpha value is -2.46. The van der Waals surface area contributed by atoms with Crippen LogP contribution in [0.5, 0.6) is 5.75 Å². The van der Waals surface area contributed by atoms with Crippen molar-refractivity contribution in [1.82, 2.24) is 4.31 Å². The second kappa shape index (κ2) is 8.50. The van der Waals surface area contributed by atoms with Crippen LogP contribution in [0.4, 0.5) is 5.69 Å². The van der Waals surface area contributed by atoms with E-state index in [1.807, 2.05) is 0 Å². The van der Waals surface area contributed by atoms with E-state index in [1.165, 1.54) is 29.6 Å². The molecule has 0 N–H and O–H groups in total. The number of benzene rings is 1. The third-order valence-corrected chi connectivity index (χ3v) is 6.97. The number of hydrogen-bond acceptors (Lipinski definition) is 7. The van der Waals surface area contributed by atoms with Crippen LogP contribution in [0.3, 0.4) is 0 Å². The molecule has 29 heavy (non-hydrogen) atoms. The molecule has 0 saturated carbocycles. The summed E-state index contributed by atoms with van der Waals surface area (Å²) in [6.07, 6.45) is 1.27. The number of sulfonamides is 1. The molecule has 0 spiro atoms. The third kappa shape index (κ3) is 4.13. The highest BCUT2D eigenvalue weighted by Gasteiger charge is 2.37. The molecule has 158 valence electrons. The molecule has 0 aliphatic carbocycles. The lowest BCUT2D eigenvalue weighted by Gasteiger charge is -2.31. The van der Waals surface area contributed by atoms with E-state index in [0.717, 1.165) is 4.90 Å². The molecule has 0 radical (unpaired) electrons. The smallest absolute Gasteiger partial charge is 0.310 e. The van der Waals surface area contributed by atoms with Gasteiger partial charge in [0, 0.05) is 25.9 Å². The first-order chi connectivity index (χ1) is 13.8. The number of amides is 2. The summed E-state index contributed by atoms with van der Waals surface area (Å²) >= 11 is 0. The summed E-state index contributed by atoms with van der Waals surface area (Å²) in [6, 6.07) is 4.19. The van der Waals surface area contributed by atoms with Gasteiger partial charge in [0.25, 0.3) is 0 Å². The van der Waals surface area contributed by atoms with Gasteiger partial charge in [-0.1, -0.05) is 0 Å². The first kappa shape index (κ1) is 21.3. The average molecular weight is 424 g/mol. The molecule has 10 heteroatoms. The summed E-state index contributed by atoms with van der Waals surface area (Å²) in [5.41, 5.74) is 0.191. The van der Waals surface area contributed by atoms with Crippen molar-refractivity contribution in [2.24, 2.45) is 5.92 Å². The molecule has 1 aromatic carbocycles. The monoisotopic (exact) mass is 424 g/mol. The molecule has 2 heterocycles. The SMILES string of the molecule is CCOC(=O)[C@H]1CCCN(S(=O)(=O)c2cc(N3C(=O)CCC3=O)ccc2OC)C1. The van der Waals surface area contributed by atoms with Gasteiger partial charge in [-0.2, -0.15) is 4.31 Å². The highest BCUT2D eigenvalue weighted by molar-refractivity contribution is 7.89. The van der Waals surface area contributed by atoms with Gasteiger partial charge in [-0.25, -0.2) is 8.42 Å². The van der Waals surface area contributed by atoms with E-state index in [0.29, 0.717) is 12.8 Å². The van der Waals surface area contributed by atoms with Crippen molar-refractivity contribution < 1.29 is 32.3 Å². The van der Waals surface area contributed by atoms with Gasteiger partial charge in [0.05, 0.1) is 25.3 Å². The fourth-order valence-corrected chi connectivity index (χ4v) is 5.32. The minimum Gasteiger partial charge on any atom is -0.495 e. The summed E-state index contributed by atoms with van der Waals surface area (Å²) in [5.74, 6) is -1.59. The quantitative estimate of drug-likeness (QED) is 0.500. The molecule has 0 bridgehead atoms. The van der Waals surface area contributed by atoms with Gasteiger partial charge in [0.15, 0.2) is 0 Å². The molecule has 2 fully saturated rings. The Labute approximate surface area is 169 Å². The Morgan fingerprint density at radius 1 is 1.21 bits per heavy atom. The molecule has 1 atom stereocenters. The zero-order valence-corrected chi connectivity index (χ0v) is 17.2. The Kier molecular flexibility index (Phi) is 6.23. The Bertz CT molecular complexity index is 912. The molecule has 2 saturated heterocycles. The minimum absolute atomic E-state index is 0.0100. The van der Waals surface area contributed by atoms with Crippen molar-refractivity contribution in [2.45, 2.75) is 37.5 Å². The normalized spacial score (nSPS) is 20.8. The molecule has 1 aromatic rings. The first-order valence-electron chi connectivity index (χ1n) is 9.50. The number of piperidine rings is 1. The number of carbonyl (C=O) groups is 3. The summed E-state index contributed by atoms with van der Waals surface area (Å²) in [6.45, 7) is 2.20. The lowest BCUT2D eigenvalue weighted by molar-refractivity contribution is -0.149. The number of anilines is 1. The van der Waals surface area contributed by atoms with Crippen LogP contribution in [0, 0.1) is 5.92 Å². The number of methoxy groups -OCH3 is 1. The molecule has 2 aliphatic rings. The van der Waals surface area contributed by atoms with Gasteiger partial charge in [0.2, 0.25) is 21.8 Å². The second-order valence-electron chi connectivity index (χ2n) is 6.91. The predicted octanol–water partition coefficient (Wildman–Crippen LogP) is 1.31. The Balaban J connectivity index is 1.95. The highest BCUT2D eigenvalue weighted by Crippen LogP contribution is 2.34. The fourth-order valence-electron chi connectivity index (χ4n) is 3.62. The van der Waals surface area contributed by atoms with Crippen LogP contribution < -0.4 is 9.64 Å². The average Bonchev–Trinajstić information content (AvgIpc) is 3.06. The summed E-state index contributed by atoms with van der Waals surface area (Å²) in [5, 5.41) is 0. The van der Waals surface area contributed by atoms with Crippen molar-refractivity contribution in [3.63, 3.8) is 0 Å². The highest BCUT2D eigenvalue weighted by atomic mass is 32.2. The van der Waals surface area contributed by atoms with E-state index in [-0.39, 0.29) is 60.7 Å². The summed E-state index contributed by atoms with van der Waals surface area (Å²) in [4.78, 5) is 37.0. The second-order valence-corrected chi connectivity index (χ2v) is 8.82. The maximum atomic E-state index is 13.3. The van der Waals surface area contributed by atoms with Crippen LogP contribution in [-0.2, 0) is 29.1 Å². The van der Waals surface area contributed by atoms with E-state index >= 15 is 0 Å². The number of esters is 1. The van der Waals surface area contributed by atoms with E-state index in [1.54, 1.807) is 6.92 Å². The summed E-state index contributed by atoms with van der Waals surface area (Å²) < 4.78 is 38.1. The predicted molar refractivity (Wildman–Crippen MR) is 103 cm³/mol. The molecule has 2 aliphatic heterocycles. The van der Waals surface area contributed by atoms with Crippen LogP contribution in [0.1, 0.15) is 32.6 Å². The van der Waals surface area contributed by atoms with Crippen LogP contribution in [0.2, 0.25) is 0 Å². The zero-order valence-electron chi connectivity index (χ0n) is 16.4. The number of carbonyl (C=O) groups excluding carboxylic acids is 3. The number of nitrogens with zero attached hydrogens (tertiary/aromatic N) is 2. The van der Waals surface area contributed by atoms with E-state index in [2.05, 4.69) is 0 Å². The van der Waals surface area contributed by atoms with Gasteiger partial charge in [-0.3, -0.25) is 19.3 Å². The van der Waals surface area contributed by atoms with Gasteiger partial charge in [-0.05, 0) is 38.0 Å². The molecule has 0 aromatic heterocycles. The van der Waals surface area contributed by atoms with Crippen molar-refractivity contribution in [1.29, 1.82) is 0 Å². The number of ether oxygens (including phenoxy) is 2. The van der Waals surface area contributed by atoms with Crippen molar-refractivity contribution in [2.75, 3.05) is 31.7 Å².